The third-order valence-electron chi connectivity index (χ3n) is 4.52. The van der Waals surface area contributed by atoms with Gasteiger partial charge in [0.25, 0.3) is 0 Å². The van der Waals surface area contributed by atoms with Crippen molar-refractivity contribution in [1.29, 1.82) is 0 Å². The minimum atomic E-state index is 0.853. The first-order valence-electron chi connectivity index (χ1n) is 8.04. The molecule has 0 aliphatic heterocycles. The van der Waals surface area contributed by atoms with E-state index in [4.69, 9.17) is 0 Å². The molecule has 0 amide bonds. The lowest BCUT2D eigenvalue weighted by atomic mass is 9.91. The van der Waals surface area contributed by atoms with Crippen molar-refractivity contribution in [3.8, 4) is 0 Å². The van der Waals surface area contributed by atoms with Gasteiger partial charge in [-0.25, -0.2) is 0 Å². The van der Waals surface area contributed by atoms with E-state index in [1.165, 1.54) is 43.6 Å². The Hall–Kier alpha value is -0.830. The highest BCUT2D eigenvalue weighted by Gasteiger charge is 2.27. The summed E-state index contributed by atoms with van der Waals surface area (Å²) in [6.45, 7) is 9.87. The standard InChI is InChI=1S/C16H29N3/c1-4-15-11-16(19(6-3)18-15)10-13-8-7-9-14(13)12-17-5-2/h11,13-14,17H,4-10,12H2,1-3H3. The van der Waals surface area contributed by atoms with Crippen LogP contribution in [0.1, 0.15) is 51.4 Å². The van der Waals surface area contributed by atoms with Crippen LogP contribution in [-0.2, 0) is 19.4 Å². The van der Waals surface area contributed by atoms with E-state index < -0.39 is 0 Å². The van der Waals surface area contributed by atoms with E-state index in [0.717, 1.165) is 31.3 Å². The number of aryl methyl sites for hydroxylation is 2. The molecule has 0 radical (unpaired) electrons. The van der Waals surface area contributed by atoms with Crippen LogP contribution < -0.4 is 5.32 Å². The van der Waals surface area contributed by atoms with E-state index in [0.29, 0.717) is 0 Å². The Morgan fingerprint density at radius 1 is 1.26 bits per heavy atom. The summed E-state index contributed by atoms with van der Waals surface area (Å²) < 4.78 is 2.21. The molecule has 0 bridgehead atoms. The Labute approximate surface area is 117 Å². The Morgan fingerprint density at radius 2 is 2.05 bits per heavy atom. The van der Waals surface area contributed by atoms with E-state index in [-0.39, 0.29) is 0 Å². The van der Waals surface area contributed by atoms with Gasteiger partial charge >= 0.3 is 0 Å². The van der Waals surface area contributed by atoms with Crippen molar-refractivity contribution in [2.75, 3.05) is 13.1 Å². The normalized spacial score (nSPS) is 23.1. The van der Waals surface area contributed by atoms with Gasteiger partial charge in [-0.05, 0) is 63.6 Å². The summed E-state index contributed by atoms with van der Waals surface area (Å²) in [6.07, 6.45) is 6.47. The summed E-state index contributed by atoms with van der Waals surface area (Å²) in [7, 11) is 0. The average Bonchev–Trinajstić information content (AvgIpc) is 3.03. The van der Waals surface area contributed by atoms with E-state index in [2.05, 4.69) is 41.9 Å². The quantitative estimate of drug-likeness (QED) is 0.819. The van der Waals surface area contributed by atoms with Crippen molar-refractivity contribution in [2.24, 2.45) is 11.8 Å². The SMILES string of the molecule is CCNCC1CCCC1Cc1cc(CC)nn1CC. The summed E-state index contributed by atoms with van der Waals surface area (Å²) in [4.78, 5) is 0. The molecule has 1 heterocycles. The average molecular weight is 263 g/mol. The van der Waals surface area contributed by atoms with Crippen LogP contribution in [0.4, 0.5) is 0 Å². The lowest BCUT2D eigenvalue weighted by Crippen LogP contribution is -2.26. The third-order valence-corrected chi connectivity index (χ3v) is 4.52. The van der Waals surface area contributed by atoms with Gasteiger partial charge in [0.15, 0.2) is 0 Å². The molecule has 2 atom stereocenters. The molecule has 19 heavy (non-hydrogen) atoms. The van der Waals surface area contributed by atoms with Crippen LogP contribution in [0.25, 0.3) is 0 Å². The molecule has 1 aliphatic rings. The molecule has 0 aromatic carbocycles. The zero-order chi connectivity index (χ0) is 13.7. The van der Waals surface area contributed by atoms with Gasteiger partial charge in [-0.3, -0.25) is 4.68 Å². The summed E-state index contributed by atoms with van der Waals surface area (Å²) in [6, 6.07) is 2.33. The number of nitrogens with one attached hydrogen (secondary N) is 1. The zero-order valence-electron chi connectivity index (χ0n) is 12.8. The van der Waals surface area contributed by atoms with Gasteiger partial charge < -0.3 is 5.32 Å². The van der Waals surface area contributed by atoms with Gasteiger partial charge in [0, 0.05) is 12.2 Å². The molecule has 2 rings (SSSR count). The fourth-order valence-corrected chi connectivity index (χ4v) is 3.38. The van der Waals surface area contributed by atoms with E-state index in [1.54, 1.807) is 0 Å². The minimum absolute atomic E-state index is 0.853. The first-order valence-corrected chi connectivity index (χ1v) is 8.04. The zero-order valence-corrected chi connectivity index (χ0v) is 12.8. The Morgan fingerprint density at radius 3 is 2.74 bits per heavy atom. The predicted molar refractivity (Wildman–Crippen MR) is 80.4 cm³/mol. The highest BCUT2D eigenvalue weighted by Crippen LogP contribution is 2.34. The van der Waals surface area contributed by atoms with Gasteiger partial charge in [0.2, 0.25) is 0 Å². The molecule has 2 unspecified atom stereocenters. The molecule has 1 fully saturated rings. The second-order valence-electron chi connectivity index (χ2n) is 5.76. The van der Waals surface area contributed by atoms with E-state index in [1.807, 2.05) is 0 Å². The van der Waals surface area contributed by atoms with E-state index in [9.17, 15) is 0 Å². The van der Waals surface area contributed by atoms with Crippen molar-refractivity contribution >= 4 is 0 Å². The first-order chi connectivity index (χ1) is 9.28. The molecule has 1 aromatic rings. The third kappa shape index (κ3) is 3.59. The Balaban J connectivity index is 2.00. The second kappa shape index (κ2) is 7.09. The lowest BCUT2D eigenvalue weighted by molar-refractivity contribution is 0.360. The molecular formula is C16H29N3. The number of aromatic nitrogens is 2. The Kier molecular flexibility index (Phi) is 5.44. The maximum atomic E-state index is 4.68. The van der Waals surface area contributed by atoms with Gasteiger partial charge in [0.1, 0.15) is 0 Å². The Bertz CT molecular complexity index is 383. The molecule has 3 heteroatoms. The van der Waals surface area contributed by atoms with Crippen LogP contribution in [-0.4, -0.2) is 22.9 Å². The van der Waals surface area contributed by atoms with Crippen molar-refractivity contribution in [2.45, 2.75) is 59.4 Å². The van der Waals surface area contributed by atoms with Gasteiger partial charge in [-0.2, -0.15) is 5.10 Å². The minimum Gasteiger partial charge on any atom is -0.317 e. The van der Waals surface area contributed by atoms with Gasteiger partial charge in [-0.15, -0.1) is 0 Å². The first kappa shape index (κ1) is 14.6. The molecule has 0 saturated heterocycles. The number of hydrogen-bond donors (Lipinski definition) is 1. The van der Waals surface area contributed by atoms with Crippen LogP contribution in [0.15, 0.2) is 6.07 Å². The maximum Gasteiger partial charge on any atom is 0.0624 e. The molecule has 1 aliphatic carbocycles. The van der Waals surface area contributed by atoms with Crippen LogP contribution in [0, 0.1) is 11.8 Å². The molecular weight excluding hydrogens is 234 g/mol. The topological polar surface area (TPSA) is 29.9 Å². The van der Waals surface area contributed by atoms with Gasteiger partial charge in [-0.1, -0.05) is 20.3 Å². The molecule has 1 N–H and O–H groups in total. The summed E-state index contributed by atoms with van der Waals surface area (Å²) in [5.74, 6) is 1.72. The summed E-state index contributed by atoms with van der Waals surface area (Å²) in [5, 5.41) is 8.21. The number of nitrogens with zero attached hydrogens (tertiary/aromatic N) is 2. The van der Waals surface area contributed by atoms with Crippen molar-refractivity contribution < 1.29 is 0 Å². The maximum absolute atomic E-state index is 4.68. The van der Waals surface area contributed by atoms with Crippen molar-refractivity contribution in [1.82, 2.24) is 15.1 Å². The van der Waals surface area contributed by atoms with E-state index >= 15 is 0 Å². The van der Waals surface area contributed by atoms with Crippen LogP contribution >= 0.6 is 0 Å². The van der Waals surface area contributed by atoms with Crippen molar-refractivity contribution in [3.63, 3.8) is 0 Å². The summed E-state index contributed by atoms with van der Waals surface area (Å²) in [5.41, 5.74) is 2.70. The number of hydrogen-bond acceptors (Lipinski definition) is 2. The largest absolute Gasteiger partial charge is 0.317 e. The smallest absolute Gasteiger partial charge is 0.0624 e. The number of rotatable bonds is 7. The molecule has 3 nitrogen and oxygen atoms in total. The second-order valence-corrected chi connectivity index (χ2v) is 5.76. The molecule has 1 aromatic heterocycles. The lowest BCUT2D eigenvalue weighted by Gasteiger charge is -2.20. The highest BCUT2D eigenvalue weighted by atomic mass is 15.3. The van der Waals surface area contributed by atoms with Crippen LogP contribution in [0.2, 0.25) is 0 Å². The fraction of sp³-hybridized carbons (Fsp3) is 0.812. The van der Waals surface area contributed by atoms with Crippen LogP contribution in [0.5, 0.6) is 0 Å². The van der Waals surface area contributed by atoms with Crippen LogP contribution in [0.3, 0.4) is 0 Å². The monoisotopic (exact) mass is 263 g/mol. The molecule has 1 saturated carbocycles. The van der Waals surface area contributed by atoms with Gasteiger partial charge in [0.05, 0.1) is 5.69 Å². The fourth-order valence-electron chi connectivity index (χ4n) is 3.38. The highest BCUT2D eigenvalue weighted by molar-refractivity contribution is 5.12. The molecule has 0 spiro atoms. The predicted octanol–water partition coefficient (Wildman–Crippen LogP) is 3.03. The summed E-state index contributed by atoms with van der Waals surface area (Å²) >= 11 is 0. The molecule has 108 valence electrons. The van der Waals surface area contributed by atoms with Crippen molar-refractivity contribution in [3.05, 3.63) is 17.5 Å².